The first-order valence-electron chi connectivity index (χ1n) is 9.22. The number of carbonyl (C=O) groups excluding carboxylic acids is 2. The molecule has 0 radical (unpaired) electrons. The SMILES string of the molecule is CCCNC(=O)Cn1c(=O)/c(=C/c2ccc(Cl)cc2Cl)s/c1=C\C(=O)C(C)(C)C. The molecule has 1 N–H and O–H groups in total. The molecule has 1 heterocycles. The molecule has 0 aliphatic carbocycles. The van der Waals surface area contributed by atoms with Crippen LogP contribution in [0.4, 0.5) is 0 Å². The third-order valence-corrected chi connectivity index (χ3v) is 5.68. The molecule has 8 heteroatoms. The summed E-state index contributed by atoms with van der Waals surface area (Å²) in [6, 6.07) is 4.99. The van der Waals surface area contributed by atoms with Crippen molar-refractivity contribution in [2.24, 2.45) is 5.41 Å². The van der Waals surface area contributed by atoms with Gasteiger partial charge < -0.3 is 5.32 Å². The van der Waals surface area contributed by atoms with Gasteiger partial charge in [-0.3, -0.25) is 19.0 Å². The van der Waals surface area contributed by atoms with Crippen molar-refractivity contribution < 1.29 is 9.59 Å². The van der Waals surface area contributed by atoms with E-state index < -0.39 is 5.41 Å². The van der Waals surface area contributed by atoms with Crippen LogP contribution in [0.25, 0.3) is 12.2 Å². The van der Waals surface area contributed by atoms with Crippen LogP contribution in [0, 0.1) is 5.41 Å². The zero-order chi connectivity index (χ0) is 21.8. The monoisotopic (exact) mass is 454 g/mol. The zero-order valence-electron chi connectivity index (χ0n) is 16.8. The Balaban J connectivity index is 2.63. The summed E-state index contributed by atoms with van der Waals surface area (Å²) >= 11 is 13.3. The fourth-order valence-electron chi connectivity index (χ4n) is 2.35. The van der Waals surface area contributed by atoms with E-state index in [1.807, 2.05) is 6.92 Å². The molecule has 29 heavy (non-hydrogen) atoms. The molecule has 5 nitrogen and oxygen atoms in total. The first-order chi connectivity index (χ1) is 13.5. The fraction of sp³-hybridized carbons (Fsp3) is 0.381. The fourth-order valence-corrected chi connectivity index (χ4v) is 3.84. The maximum Gasteiger partial charge on any atom is 0.269 e. The van der Waals surface area contributed by atoms with Crippen molar-refractivity contribution in [3.8, 4) is 0 Å². The predicted molar refractivity (Wildman–Crippen MR) is 120 cm³/mol. The van der Waals surface area contributed by atoms with Gasteiger partial charge in [0.05, 0.1) is 4.53 Å². The Labute approximate surface area is 183 Å². The van der Waals surface area contributed by atoms with Crippen LogP contribution in [-0.2, 0) is 16.1 Å². The van der Waals surface area contributed by atoms with Gasteiger partial charge >= 0.3 is 0 Å². The summed E-state index contributed by atoms with van der Waals surface area (Å²) in [5, 5.41) is 3.66. The van der Waals surface area contributed by atoms with E-state index in [2.05, 4.69) is 5.32 Å². The van der Waals surface area contributed by atoms with E-state index in [0.29, 0.717) is 31.3 Å². The van der Waals surface area contributed by atoms with Crippen molar-refractivity contribution >= 4 is 58.4 Å². The Morgan fingerprint density at radius 1 is 1.24 bits per heavy atom. The predicted octanol–water partition coefficient (Wildman–Crippen LogP) is 2.97. The van der Waals surface area contributed by atoms with Crippen molar-refractivity contribution in [2.75, 3.05) is 6.54 Å². The molecule has 1 amide bonds. The lowest BCUT2D eigenvalue weighted by Crippen LogP contribution is -2.38. The van der Waals surface area contributed by atoms with Gasteiger partial charge in [-0.2, -0.15) is 0 Å². The second kappa shape index (κ2) is 9.74. The summed E-state index contributed by atoms with van der Waals surface area (Å²) in [5.41, 5.74) is -0.315. The maximum atomic E-state index is 13.0. The van der Waals surface area contributed by atoms with Crippen LogP contribution in [0.2, 0.25) is 10.0 Å². The molecule has 0 bridgehead atoms. The van der Waals surface area contributed by atoms with E-state index in [1.54, 1.807) is 45.0 Å². The molecule has 1 aromatic carbocycles. The third kappa shape index (κ3) is 6.29. The minimum Gasteiger partial charge on any atom is -0.355 e. The Hall–Kier alpha value is -1.89. The highest BCUT2D eigenvalue weighted by molar-refractivity contribution is 7.07. The van der Waals surface area contributed by atoms with E-state index in [4.69, 9.17) is 23.2 Å². The van der Waals surface area contributed by atoms with E-state index in [1.165, 1.54) is 10.6 Å². The number of hydrogen-bond acceptors (Lipinski definition) is 4. The number of hydrogen-bond donors (Lipinski definition) is 1. The Kier molecular flexibility index (Phi) is 7.86. The quantitative estimate of drug-likeness (QED) is 0.729. The molecule has 0 fully saturated rings. The molecule has 0 saturated heterocycles. The van der Waals surface area contributed by atoms with Crippen LogP contribution in [-0.4, -0.2) is 22.8 Å². The van der Waals surface area contributed by atoms with E-state index in [-0.39, 0.29) is 23.8 Å². The average Bonchev–Trinajstić information content (AvgIpc) is 2.90. The van der Waals surface area contributed by atoms with Crippen molar-refractivity contribution in [1.82, 2.24) is 9.88 Å². The highest BCUT2D eigenvalue weighted by atomic mass is 35.5. The van der Waals surface area contributed by atoms with Gasteiger partial charge in [-0.15, -0.1) is 11.3 Å². The lowest BCUT2D eigenvalue weighted by molar-refractivity contribution is -0.122. The van der Waals surface area contributed by atoms with Gasteiger partial charge in [-0.25, -0.2) is 0 Å². The van der Waals surface area contributed by atoms with Crippen LogP contribution in [0.5, 0.6) is 0 Å². The summed E-state index contributed by atoms with van der Waals surface area (Å²) in [6.45, 7) is 7.72. The summed E-state index contributed by atoms with van der Waals surface area (Å²) in [5.74, 6) is -0.404. The first-order valence-corrected chi connectivity index (χ1v) is 10.8. The second-order valence-corrected chi connectivity index (χ2v) is 9.52. The number of carbonyl (C=O) groups is 2. The number of ketones is 1. The van der Waals surface area contributed by atoms with E-state index in [9.17, 15) is 14.4 Å². The number of aromatic nitrogens is 1. The summed E-state index contributed by atoms with van der Waals surface area (Å²) in [7, 11) is 0. The summed E-state index contributed by atoms with van der Waals surface area (Å²) in [6.07, 6.45) is 3.87. The normalized spacial score (nSPS) is 13.0. The molecule has 0 atom stereocenters. The molecule has 0 unspecified atom stereocenters. The second-order valence-electron chi connectivity index (χ2n) is 7.61. The Morgan fingerprint density at radius 3 is 2.52 bits per heavy atom. The van der Waals surface area contributed by atoms with E-state index in [0.717, 1.165) is 17.8 Å². The molecule has 0 spiro atoms. The van der Waals surface area contributed by atoms with Gasteiger partial charge in [-0.05, 0) is 30.2 Å². The van der Waals surface area contributed by atoms with Crippen LogP contribution < -0.4 is 20.1 Å². The number of nitrogens with one attached hydrogen (secondary N) is 1. The van der Waals surface area contributed by atoms with Gasteiger partial charge in [0.1, 0.15) is 11.2 Å². The van der Waals surface area contributed by atoms with Gasteiger partial charge in [0.25, 0.3) is 5.56 Å². The Morgan fingerprint density at radius 2 is 1.93 bits per heavy atom. The van der Waals surface area contributed by atoms with Gasteiger partial charge in [-0.1, -0.05) is 57.0 Å². The highest BCUT2D eigenvalue weighted by Gasteiger charge is 2.20. The Bertz CT molecular complexity index is 1090. The molecule has 156 valence electrons. The minimum atomic E-state index is -0.599. The zero-order valence-corrected chi connectivity index (χ0v) is 19.2. The number of nitrogens with zero attached hydrogens (tertiary/aromatic N) is 1. The van der Waals surface area contributed by atoms with Crippen molar-refractivity contribution in [3.63, 3.8) is 0 Å². The van der Waals surface area contributed by atoms with Crippen LogP contribution >= 0.6 is 34.5 Å². The number of rotatable bonds is 6. The number of Topliss-reactive ketones (excluding diaryl/α,β-unsaturated/α-hetero) is 1. The number of amides is 1. The van der Waals surface area contributed by atoms with Gasteiger partial charge in [0.2, 0.25) is 5.91 Å². The molecule has 2 aromatic rings. The molecule has 0 aliphatic heterocycles. The molecule has 0 saturated carbocycles. The van der Waals surface area contributed by atoms with Crippen LogP contribution in [0.1, 0.15) is 39.7 Å². The summed E-state index contributed by atoms with van der Waals surface area (Å²) in [4.78, 5) is 37.7. The van der Waals surface area contributed by atoms with Crippen molar-refractivity contribution in [1.29, 1.82) is 0 Å². The largest absolute Gasteiger partial charge is 0.355 e. The lowest BCUT2D eigenvalue weighted by atomic mass is 9.91. The van der Waals surface area contributed by atoms with Crippen LogP contribution in [0.15, 0.2) is 23.0 Å². The summed E-state index contributed by atoms with van der Waals surface area (Å²) < 4.78 is 2.14. The third-order valence-electron chi connectivity index (χ3n) is 4.05. The molecule has 1 aromatic heterocycles. The smallest absolute Gasteiger partial charge is 0.269 e. The lowest BCUT2D eigenvalue weighted by Gasteiger charge is -2.12. The average molecular weight is 455 g/mol. The van der Waals surface area contributed by atoms with Crippen molar-refractivity contribution in [3.05, 3.63) is 53.4 Å². The number of halogens is 2. The van der Waals surface area contributed by atoms with Gasteiger partial charge in [0.15, 0.2) is 5.78 Å². The van der Waals surface area contributed by atoms with Crippen molar-refractivity contribution in [2.45, 2.75) is 40.7 Å². The standard InChI is InChI=1S/C21H24Cl2N2O3S/c1-5-8-24-18(27)12-25-19(11-17(26)21(2,3)4)29-16(20(25)28)9-13-6-7-14(22)10-15(13)23/h6-7,9-11H,5,8,12H2,1-4H3,(H,24,27)/b16-9-,19-11-. The molecule has 0 aliphatic rings. The molecular weight excluding hydrogens is 431 g/mol. The molecule has 2 rings (SSSR count). The maximum absolute atomic E-state index is 13.0. The minimum absolute atomic E-state index is 0.127. The van der Waals surface area contributed by atoms with E-state index >= 15 is 0 Å². The first kappa shape index (κ1) is 23.4. The molecular formula is C21H24Cl2N2O3S. The van der Waals surface area contributed by atoms with Crippen LogP contribution in [0.3, 0.4) is 0 Å². The number of thiazole rings is 1. The number of benzene rings is 1. The highest BCUT2D eigenvalue weighted by Crippen LogP contribution is 2.21. The van der Waals surface area contributed by atoms with Gasteiger partial charge in [0, 0.05) is 28.1 Å². The topological polar surface area (TPSA) is 68.2 Å².